The second kappa shape index (κ2) is 7.62. The Balaban J connectivity index is 2.64. The average Bonchev–Trinajstić information content (AvgIpc) is 2.32. The molecule has 0 radical (unpaired) electrons. The molecule has 0 spiro atoms. The van der Waals surface area contributed by atoms with E-state index in [1.807, 2.05) is 0 Å². The largest absolute Gasteiger partial charge is 0.368 e. The summed E-state index contributed by atoms with van der Waals surface area (Å²) >= 11 is 0. The lowest BCUT2D eigenvalue weighted by atomic mass is 10.4. The molecule has 0 fully saturated rings. The Morgan fingerprint density at radius 3 is 2.33 bits per heavy atom. The number of hydrogen-bond donors (Lipinski definition) is 2. The molecule has 1 heterocycles. The van der Waals surface area contributed by atoms with Gasteiger partial charge in [-0.05, 0) is 6.42 Å². The SMILES string of the molecule is CCCCOCN(COC)c1nc(N)nc(N)n1. The summed E-state index contributed by atoms with van der Waals surface area (Å²) in [4.78, 5) is 13.4. The van der Waals surface area contributed by atoms with Gasteiger partial charge in [0, 0.05) is 13.7 Å². The summed E-state index contributed by atoms with van der Waals surface area (Å²) in [6, 6.07) is 0. The first-order valence-electron chi connectivity index (χ1n) is 5.76. The molecule has 102 valence electrons. The highest BCUT2D eigenvalue weighted by Crippen LogP contribution is 2.10. The fraction of sp³-hybridized carbons (Fsp3) is 0.700. The van der Waals surface area contributed by atoms with Crippen molar-refractivity contribution in [2.24, 2.45) is 0 Å². The van der Waals surface area contributed by atoms with Crippen LogP contribution >= 0.6 is 0 Å². The van der Waals surface area contributed by atoms with Crippen LogP contribution in [0.1, 0.15) is 19.8 Å². The molecule has 0 saturated heterocycles. The van der Waals surface area contributed by atoms with Crippen LogP contribution in [0.3, 0.4) is 0 Å². The predicted molar refractivity (Wildman–Crippen MR) is 68.7 cm³/mol. The summed E-state index contributed by atoms with van der Waals surface area (Å²) in [6.45, 7) is 3.38. The number of ether oxygens (including phenoxy) is 2. The number of hydrogen-bond acceptors (Lipinski definition) is 8. The zero-order valence-electron chi connectivity index (χ0n) is 10.8. The van der Waals surface area contributed by atoms with Gasteiger partial charge in [0.15, 0.2) is 0 Å². The molecular weight excluding hydrogens is 236 g/mol. The van der Waals surface area contributed by atoms with Crippen LogP contribution in [0.25, 0.3) is 0 Å². The first kappa shape index (κ1) is 14.4. The molecule has 0 bridgehead atoms. The third-order valence-electron chi connectivity index (χ3n) is 2.12. The second-order valence-electron chi connectivity index (χ2n) is 3.70. The lowest BCUT2D eigenvalue weighted by molar-refractivity contribution is 0.102. The highest BCUT2D eigenvalue weighted by atomic mass is 16.5. The molecule has 1 aromatic rings. The molecule has 0 saturated carbocycles. The first-order valence-corrected chi connectivity index (χ1v) is 5.76. The molecular formula is C10H20N6O2. The maximum atomic E-state index is 5.52. The highest BCUT2D eigenvalue weighted by Gasteiger charge is 2.11. The minimum atomic E-state index is 0.0761. The summed E-state index contributed by atoms with van der Waals surface area (Å²) in [6.07, 6.45) is 2.08. The lowest BCUT2D eigenvalue weighted by Gasteiger charge is -2.21. The number of nitrogens with two attached hydrogens (primary N) is 2. The fourth-order valence-electron chi connectivity index (χ4n) is 1.27. The maximum Gasteiger partial charge on any atom is 0.235 e. The van der Waals surface area contributed by atoms with E-state index in [1.165, 1.54) is 0 Å². The Morgan fingerprint density at radius 1 is 1.11 bits per heavy atom. The number of rotatable bonds is 8. The van der Waals surface area contributed by atoms with E-state index < -0.39 is 0 Å². The average molecular weight is 256 g/mol. The normalized spacial score (nSPS) is 10.6. The number of nitrogen functional groups attached to an aromatic ring is 2. The van der Waals surface area contributed by atoms with Crippen molar-refractivity contribution < 1.29 is 9.47 Å². The van der Waals surface area contributed by atoms with Crippen molar-refractivity contribution in [1.82, 2.24) is 15.0 Å². The molecule has 0 unspecified atom stereocenters. The van der Waals surface area contributed by atoms with Crippen molar-refractivity contribution in [3.05, 3.63) is 0 Å². The fourth-order valence-corrected chi connectivity index (χ4v) is 1.27. The van der Waals surface area contributed by atoms with Gasteiger partial charge in [0.2, 0.25) is 17.8 Å². The summed E-state index contributed by atoms with van der Waals surface area (Å²) < 4.78 is 10.5. The lowest BCUT2D eigenvalue weighted by Crippen LogP contribution is -2.31. The maximum absolute atomic E-state index is 5.52. The Morgan fingerprint density at radius 2 is 1.78 bits per heavy atom. The molecule has 8 heteroatoms. The Bertz CT molecular complexity index is 342. The van der Waals surface area contributed by atoms with Gasteiger partial charge in [-0.3, -0.25) is 4.90 Å². The van der Waals surface area contributed by atoms with Gasteiger partial charge >= 0.3 is 0 Å². The van der Waals surface area contributed by atoms with Crippen LogP contribution in [0.15, 0.2) is 0 Å². The smallest absolute Gasteiger partial charge is 0.235 e. The molecule has 1 rings (SSSR count). The van der Waals surface area contributed by atoms with Crippen LogP contribution in [-0.2, 0) is 9.47 Å². The van der Waals surface area contributed by atoms with Crippen LogP contribution in [0.4, 0.5) is 17.8 Å². The molecule has 0 amide bonds. The van der Waals surface area contributed by atoms with E-state index in [-0.39, 0.29) is 18.6 Å². The van der Waals surface area contributed by atoms with Crippen LogP contribution in [-0.4, -0.2) is 42.1 Å². The van der Waals surface area contributed by atoms with Gasteiger partial charge in [0.05, 0.1) is 0 Å². The molecule has 4 N–H and O–H groups in total. The van der Waals surface area contributed by atoms with Crippen LogP contribution in [0.2, 0.25) is 0 Å². The number of anilines is 3. The number of methoxy groups -OCH3 is 1. The van der Waals surface area contributed by atoms with Crippen molar-refractivity contribution in [3.8, 4) is 0 Å². The molecule has 8 nitrogen and oxygen atoms in total. The van der Waals surface area contributed by atoms with E-state index in [9.17, 15) is 0 Å². The van der Waals surface area contributed by atoms with Crippen LogP contribution in [0.5, 0.6) is 0 Å². The highest BCUT2D eigenvalue weighted by molar-refractivity contribution is 5.38. The number of nitrogens with zero attached hydrogens (tertiary/aromatic N) is 4. The van der Waals surface area contributed by atoms with E-state index in [0.717, 1.165) is 12.8 Å². The minimum absolute atomic E-state index is 0.0761. The van der Waals surface area contributed by atoms with Gasteiger partial charge in [-0.1, -0.05) is 13.3 Å². The third kappa shape index (κ3) is 4.68. The Hall–Kier alpha value is -1.67. The van der Waals surface area contributed by atoms with Gasteiger partial charge in [0.1, 0.15) is 13.5 Å². The van der Waals surface area contributed by atoms with E-state index in [2.05, 4.69) is 21.9 Å². The Kier molecular flexibility index (Phi) is 6.09. The summed E-state index contributed by atoms with van der Waals surface area (Å²) in [5, 5.41) is 0. The van der Waals surface area contributed by atoms with Crippen LogP contribution in [0, 0.1) is 0 Å². The van der Waals surface area contributed by atoms with Gasteiger partial charge in [-0.15, -0.1) is 0 Å². The minimum Gasteiger partial charge on any atom is -0.368 e. The summed E-state index contributed by atoms with van der Waals surface area (Å²) in [7, 11) is 1.58. The molecule has 0 aliphatic rings. The quantitative estimate of drug-likeness (QED) is 0.501. The molecule has 0 atom stereocenters. The molecule has 18 heavy (non-hydrogen) atoms. The predicted octanol–water partition coefficient (Wildman–Crippen LogP) is 0.221. The van der Waals surface area contributed by atoms with E-state index >= 15 is 0 Å². The topological polar surface area (TPSA) is 112 Å². The van der Waals surface area contributed by atoms with Crippen molar-refractivity contribution >= 4 is 17.8 Å². The van der Waals surface area contributed by atoms with E-state index in [4.69, 9.17) is 20.9 Å². The monoisotopic (exact) mass is 256 g/mol. The first-order chi connectivity index (χ1) is 8.67. The number of unbranched alkanes of at least 4 members (excludes halogenated alkanes) is 1. The van der Waals surface area contributed by atoms with E-state index in [0.29, 0.717) is 19.3 Å². The van der Waals surface area contributed by atoms with Crippen molar-refractivity contribution in [2.75, 3.05) is 43.5 Å². The zero-order chi connectivity index (χ0) is 13.4. The van der Waals surface area contributed by atoms with Crippen LogP contribution < -0.4 is 16.4 Å². The van der Waals surface area contributed by atoms with Gasteiger partial charge in [-0.25, -0.2) is 0 Å². The molecule has 0 aliphatic heterocycles. The van der Waals surface area contributed by atoms with Gasteiger partial charge in [-0.2, -0.15) is 15.0 Å². The van der Waals surface area contributed by atoms with Crippen molar-refractivity contribution in [1.29, 1.82) is 0 Å². The summed E-state index contributed by atoms with van der Waals surface area (Å²) in [5.41, 5.74) is 11.0. The molecule has 0 aliphatic carbocycles. The van der Waals surface area contributed by atoms with Crippen molar-refractivity contribution in [2.45, 2.75) is 19.8 Å². The van der Waals surface area contributed by atoms with Gasteiger partial charge in [0.25, 0.3) is 0 Å². The molecule has 0 aromatic carbocycles. The van der Waals surface area contributed by atoms with Gasteiger partial charge < -0.3 is 20.9 Å². The van der Waals surface area contributed by atoms with Crippen molar-refractivity contribution in [3.63, 3.8) is 0 Å². The standard InChI is InChI=1S/C10H20N6O2/c1-3-4-5-18-7-16(6-17-2)10-14-8(11)13-9(12)15-10/h3-7H2,1-2H3,(H4,11,12,13,14,15). The Labute approximate surface area is 106 Å². The van der Waals surface area contributed by atoms with E-state index in [1.54, 1.807) is 12.0 Å². The second-order valence-corrected chi connectivity index (χ2v) is 3.70. The third-order valence-corrected chi connectivity index (χ3v) is 2.12. The molecule has 1 aromatic heterocycles. The summed E-state index contributed by atoms with van der Waals surface area (Å²) in [5.74, 6) is 0.498. The number of aromatic nitrogens is 3. The zero-order valence-corrected chi connectivity index (χ0v) is 10.8.